The number of fused-ring (bicyclic) bond motifs is 1. The number of hydrogen-bond acceptors (Lipinski definition) is 5. The van der Waals surface area contributed by atoms with Gasteiger partial charge in [0.2, 0.25) is 5.91 Å². The lowest BCUT2D eigenvalue weighted by Gasteiger charge is -2.31. The van der Waals surface area contributed by atoms with E-state index in [4.69, 9.17) is 13.9 Å². The Morgan fingerprint density at radius 1 is 0.897 bits per heavy atom. The first kappa shape index (κ1) is 27.8. The van der Waals surface area contributed by atoms with Crippen molar-refractivity contribution in [2.24, 2.45) is 0 Å². The summed E-state index contributed by atoms with van der Waals surface area (Å²) >= 11 is 0. The van der Waals surface area contributed by atoms with Gasteiger partial charge in [-0.05, 0) is 72.5 Å². The van der Waals surface area contributed by atoms with Crippen LogP contribution in [0.5, 0.6) is 11.5 Å². The Labute approximate surface area is 229 Å². The number of ether oxygens (including phenoxy) is 2. The molecule has 0 radical (unpaired) electrons. The molecule has 1 aromatic heterocycles. The van der Waals surface area contributed by atoms with E-state index in [1.807, 2.05) is 80.6 Å². The van der Waals surface area contributed by atoms with Gasteiger partial charge >= 0.3 is 0 Å². The third-order valence-electron chi connectivity index (χ3n) is 7.08. The van der Waals surface area contributed by atoms with E-state index in [-0.39, 0.29) is 24.4 Å². The second-order valence-electron chi connectivity index (χ2n) is 9.59. The van der Waals surface area contributed by atoms with Crippen molar-refractivity contribution in [2.75, 3.05) is 27.3 Å². The average molecular weight is 529 g/mol. The molecule has 0 fully saturated rings. The topological polar surface area (TPSA) is 72.2 Å². The number of rotatable bonds is 12. The van der Waals surface area contributed by atoms with Crippen LogP contribution in [0.25, 0.3) is 10.8 Å². The number of furan rings is 1. The van der Waals surface area contributed by atoms with Crippen molar-refractivity contribution in [3.63, 3.8) is 0 Å². The monoisotopic (exact) mass is 528 g/mol. The van der Waals surface area contributed by atoms with E-state index in [0.29, 0.717) is 42.3 Å². The minimum Gasteiger partial charge on any atom is -0.493 e. The quantitative estimate of drug-likeness (QED) is 0.227. The van der Waals surface area contributed by atoms with Gasteiger partial charge in [-0.15, -0.1) is 0 Å². The van der Waals surface area contributed by atoms with Crippen LogP contribution in [0, 0.1) is 0 Å². The van der Waals surface area contributed by atoms with E-state index in [9.17, 15) is 9.59 Å². The highest BCUT2D eigenvalue weighted by atomic mass is 16.5. The van der Waals surface area contributed by atoms with E-state index in [2.05, 4.69) is 0 Å². The first-order chi connectivity index (χ1) is 18.9. The fourth-order valence-electron chi connectivity index (χ4n) is 4.56. The number of nitrogens with zero attached hydrogens (tertiary/aromatic N) is 2. The number of carbonyl (C=O) groups excluding carboxylic acids is 2. The van der Waals surface area contributed by atoms with Crippen molar-refractivity contribution in [3.8, 4) is 11.5 Å². The zero-order valence-electron chi connectivity index (χ0n) is 23.1. The Kier molecular flexibility index (Phi) is 9.26. The summed E-state index contributed by atoms with van der Waals surface area (Å²) in [6.07, 6.45) is 2.94. The molecular formula is C32H36N2O5. The van der Waals surface area contributed by atoms with Crippen LogP contribution in [0.3, 0.4) is 0 Å². The Hall–Kier alpha value is -4.26. The molecule has 4 aromatic rings. The lowest BCUT2D eigenvalue weighted by atomic mass is 10.1. The van der Waals surface area contributed by atoms with Crippen LogP contribution in [0.2, 0.25) is 0 Å². The van der Waals surface area contributed by atoms with Gasteiger partial charge < -0.3 is 23.7 Å². The average Bonchev–Trinajstić information content (AvgIpc) is 3.50. The molecule has 0 aliphatic carbocycles. The Morgan fingerprint density at radius 3 is 2.36 bits per heavy atom. The van der Waals surface area contributed by atoms with Gasteiger partial charge in [0, 0.05) is 18.2 Å². The molecular weight excluding hydrogens is 492 g/mol. The molecule has 1 unspecified atom stereocenters. The van der Waals surface area contributed by atoms with Crippen LogP contribution in [-0.4, -0.2) is 55.0 Å². The smallest absolute Gasteiger partial charge is 0.254 e. The third kappa shape index (κ3) is 6.79. The van der Waals surface area contributed by atoms with Crippen LogP contribution in [-0.2, 0) is 17.8 Å². The van der Waals surface area contributed by atoms with Crippen molar-refractivity contribution in [1.82, 2.24) is 9.80 Å². The molecule has 0 N–H and O–H groups in total. The van der Waals surface area contributed by atoms with Gasteiger partial charge in [0.1, 0.15) is 12.3 Å². The zero-order valence-corrected chi connectivity index (χ0v) is 23.1. The minimum absolute atomic E-state index is 0.0205. The third-order valence-corrected chi connectivity index (χ3v) is 7.08. The highest BCUT2D eigenvalue weighted by Gasteiger charge is 2.26. The molecule has 0 aliphatic rings. The van der Waals surface area contributed by atoms with Crippen molar-refractivity contribution < 1.29 is 23.5 Å². The highest BCUT2D eigenvalue weighted by molar-refractivity contribution is 6.00. The summed E-state index contributed by atoms with van der Waals surface area (Å²) in [5.74, 6) is 1.69. The van der Waals surface area contributed by atoms with E-state index in [1.165, 1.54) is 0 Å². The number of benzene rings is 3. The highest BCUT2D eigenvalue weighted by Crippen LogP contribution is 2.28. The molecule has 1 heterocycles. The molecule has 4 rings (SSSR count). The van der Waals surface area contributed by atoms with Crippen LogP contribution in [0.1, 0.15) is 41.9 Å². The first-order valence-corrected chi connectivity index (χ1v) is 13.2. The summed E-state index contributed by atoms with van der Waals surface area (Å²) < 4.78 is 16.3. The first-order valence-electron chi connectivity index (χ1n) is 13.2. The molecule has 7 heteroatoms. The summed E-state index contributed by atoms with van der Waals surface area (Å²) in [6.45, 7) is 4.75. The maximum absolute atomic E-state index is 13.7. The largest absolute Gasteiger partial charge is 0.493 e. The molecule has 3 aromatic carbocycles. The fraction of sp³-hybridized carbons (Fsp3) is 0.312. The lowest BCUT2D eigenvalue weighted by Crippen LogP contribution is -2.46. The molecule has 0 saturated carbocycles. The van der Waals surface area contributed by atoms with Gasteiger partial charge in [-0.3, -0.25) is 9.59 Å². The molecule has 1 atom stereocenters. The number of methoxy groups -OCH3 is 2. The van der Waals surface area contributed by atoms with Gasteiger partial charge in [-0.25, -0.2) is 0 Å². The van der Waals surface area contributed by atoms with Crippen molar-refractivity contribution in [2.45, 2.75) is 39.3 Å². The normalized spacial score (nSPS) is 11.7. The van der Waals surface area contributed by atoms with E-state index in [0.717, 1.165) is 22.8 Å². The molecule has 0 aliphatic heterocycles. The van der Waals surface area contributed by atoms with Gasteiger partial charge in [0.15, 0.2) is 11.5 Å². The minimum atomic E-state index is -0.152. The zero-order chi connectivity index (χ0) is 27.8. The van der Waals surface area contributed by atoms with Crippen molar-refractivity contribution in [3.05, 3.63) is 95.9 Å². The SMILES string of the molecule is CCC(C)N(CC(=O)N(CCc1ccc(OC)c(OC)c1)Cc1ccco1)C(=O)c1ccc2ccccc2c1. The maximum atomic E-state index is 13.7. The predicted octanol–water partition coefficient (Wildman–Crippen LogP) is 5.96. The van der Waals surface area contributed by atoms with Crippen LogP contribution >= 0.6 is 0 Å². The second kappa shape index (κ2) is 13.0. The maximum Gasteiger partial charge on any atom is 0.254 e. The van der Waals surface area contributed by atoms with E-state index >= 15 is 0 Å². The molecule has 0 spiro atoms. The van der Waals surface area contributed by atoms with Crippen LogP contribution < -0.4 is 9.47 Å². The predicted molar refractivity (Wildman–Crippen MR) is 152 cm³/mol. The van der Waals surface area contributed by atoms with Gasteiger partial charge in [-0.2, -0.15) is 0 Å². The lowest BCUT2D eigenvalue weighted by molar-refractivity contribution is -0.133. The van der Waals surface area contributed by atoms with Gasteiger partial charge in [0.05, 0.1) is 27.0 Å². The van der Waals surface area contributed by atoms with Crippen molar-refractivity contribution in [1.29, 1.82) is 0 Å². The summed E-state index contributed by atoms with van der Waals surface area (Å²) in [5, 5.41) is 2.06. The molecule has 0 saturated heterocycles. The summed E-state index contributed by atoms with van der Waals surface area (Å²) in [7, 11) is 3.20. The van der Waals surface area contributed by atoms with Gasteiger partial charge in [-0.1, -0.05) is 43.3 Å². The summed E-state index contributed by atoms with van der Waals surface area (Å²) in [5.41, 5.74) is 1.58. The second-order valence-corrected chi connectivity index (χ2v) is 9.59. The summed E-state index contributed by atoms with van der Waals surface area (Å²) in [6, 6.07) is 22.9. The number of amides is 2. The van der Waals surface area contributed by atoms with E-state index < -0.39 is 0 Å². The molecule has 7 nitrogen and oxygen atoms in total. The Balaban J connectivity index is 1.54. The fourth-order valence-corrected chi connectivity index (χ4v) is 4.56. The van der Waals surface area contributed by atoms with Crippen LogP contribution in [0.15, 0.2) is 83.5 Å². The number of hydrogen-bond donors (Lipinski definition) is 0. The van der Waals surface area contributed by atoms with Crippen LogP contribution in [0.4, 0.5) is 0 Å². The number of carbonyl (C=O) groups is 2. The van der Waals surface area contributed by atoms with Crippen molar-refractivity contribution >= 4 is 22.6 Å². The molecule has 2 amide bonds. The molecule has 204 valence electrons. The standard InChI is InChI=1S/C32H36N2O5/c1-5-23(2)34(32(36)27-14-13-25-9-6-7-10-26(25)20-27)22-31(35)33(21-28-11-8-18-39-28)17-16-24-12-15-29(37-3)30(19-24)38-4/h6-15,18-20,23H,5,16-17,21-22H2,1-4H3. The summed E-state index contributed by atoms with van der Waals surface area (Å²) in [4.78, 5) is 30.9. The Bertz CT molecular complexity index is 1400. The van der Waals surface area contributed by atoms with Gasteiger partial charge in [0.25, 0.3) is 5.91 Å². The van der Waals surface area contributed by atoms with E-state index in [1.54, 1.807) is 36.3 Å². The molecule has 39 heavy (non-hydrogen) atoms. The Morgan fingerprint density at radius 2 is 1.67 bits per heavy atom. The molecule has 0 bridgehead atoms.